The van der Waals surface area contributed by atoms with Gasteiger partial charge >= 0.3 is 0 Å². The standard InChI is InChI=1S/C16H15N5O/c1-11-6-8-17-14(9-11)20-16(22)13-10-19-21(12(13)2)15-5-3-4-7-18-15/h3-10H,1-2H3,(H,17,20,22). The van der Waals surface area contributed by atoms with Gasteiger partial charge in [-0.15, -0.1) is 0 Å². The lowest BCUT2D eigenvalue weighted by molar-refractivity contribution is 0.102. The number of pyridine rings is 2. The van der Waals surface area contributed by atoms with Crippen molar-refractivity contribution in [2.45, 2.75) is 13.8 Å². The van der Waals surface area contributed by atoms with Crippen molar-refractivity contribution < 1.29 is 4.79 Å². The number of aryl methyl sites for hydroxylation is 1. The highest BCUT2D eigenvalue weighted by Crippen LogP contribution is 2.14. The largest absolute Gasteiger partial charge is 0.306 e. The van der Waals surface area contributed by atoms with Gasteiger partial charge in [0.15, 0.2) is 5.82 Å². The molecule has 0 saturated carbocycles. The lowest BCUT2D eigenvalue weighted by Gasteiger charge is -2.06. The summed E-state index contributed by atoms with van der Waals surface area (Å²) in [4.78, 5) is 20.7. The molecule has 0 fully saturated rings. The van der Waals surface area contributed by atoms with Crippen LogP contribution in [0.15, 0.2) is 48.9 Å². The summed E-state index contributed by atoms with van der Waals surface area (Å²) in [5, 5.41) is 7.02. The zero-order chi connectivity index (χ0) is 15.5. The summed E-state index contributed by atoms with van der Waals surface area (Å²) in [6.07, 6.45) is 4.89. The van der Waals surface area contributed by atoms with E-state index in [1.165, 1.54) is 6.20 Å². The van der Waals surface area contributed by atoms with E-state index in [4.69, 9.17) is 0 Å². The van der Waals surface area contributed by atoms with Gasteiger partial charge in [-0.1, -0.05) is 6.07 Å². The summed E-state index contributed by atoms with van der Waals surface area (Å²) >= 11 is 0. The van der Waals surface area contributed by atoms with Crippen LogP contribution in [0.1, 0.15) is 21.6 Å². The van der Waals surface area contributed by atoms with E-state index >= 15 is 0 Å². The van der Waals surface area contributed by atoms with Gasteiger partial charge in [-0.05, 0) is 43.7 Å². The number of rotatable bonds is 3. The van der Waals surface area contributed by atoms with E-state index < -0.39 is 0 Å². The van der Waals surface area contributed by atoms with Gasteiger partial charge in [0, 0.05) is 12.4 Å². The van der Waals surface area contributed by atoms with E-state index in [0.717, 1.165) is 11.3 Å². The Morgan fingerprint density at radius 1 is 1.14 bits per heavy atom. The first kappa shape index (κ1) is 13.9. The normalized spacial score (nSPS) is 10.5. The van der Waals surface area contributed by atoms with Crippen LogP contribution in [0, 0.1) is 13.8 Å². The Labute approximate surface area is 127 Å². The molecule has 0 aliphatic heterocycles. The van der Waals surface area contributed by atoms with E-state index in [1.54, 1.807) is 17.1 Å². The Bertz CT molecular complexity index is 810. The van der Waals surface area contributed by atoms with Gasteiger partial charge in [-0.3, -0.25) is 4.79 Å². The van der Waals surface area contributed by atoms with Crippen molar-refractivity contribution in [2.75, 3.05) is 5.32 Å². The Morgan fingerprint density at radius 2 is 2.00 bits per heavy atom. The van der Waals surface area contributed by atoms with Gasteiger partial charge < -0.3 is 5.32 Å². The number of carbonyl (C=O) groups is 1. The van der Waals surface area contributed by atoms with E-state index in [-0.39, 0.29) is 5.91 Å². The molecule has 6 heteroatoms. The van der Waals surface area contributed by atoms with Gasteiger partial charge in [-0.2, -0.15) is 5.10 Å². The number of hydrogen-bond acceptors (Lipinski definition) is 4. The predicted molar refractivity (Wildman–Crippen MR) is 83.0 cm³/mol. The minimum Gasteiger partial charge on any atom is -0.306 e. The summed E-state index contributed by atoms with van der Waals surface area (Å²) in [6.45, 7) is 3.78. The molecule has 0 spiro atoms. The lowest BCUT2D eigenvalue weighted by Crippen LogP contribution is -2.14. The molecular formula is C16H15N5O. The van der Waals surface area contributed by atoms with Gasteiger partial charge in [0.05, 0.1) is 17.5 Å². The van der Waals surface area contributed by atoms with Crippen LogP contribution in [0.4, 0.5) is 5.82 Å². The van der Waals surface area contributed by atoms with E-state index in [1.807, 2.05) is 44.2 Å². The molecule has 0 aliphatic rings. The molecule has 6 nitrogen and oxygen atoms in total. The average molecular weight is 293 g/mol. The molecule has 22 heavy (non-hydrogen) atoms. The number of nitrogens with one attached hydrogen (secondary N) is 1. The summed E-state index contributed by atoms with van der Waals surface area (Å²) in [5.74, 6) is 0.959. The fraction of sp³-hybridized carbons (Fsp3) is 0.125. The van der Waals surface area contributed by atoms with Crippen molar-refractivity contribution in [1.82, 2.24) is 19.7 Å². The maximum absolute atomic E-state index is 12.4. The Balaban J connectivity index is 1.87. The van der Waals surface area contributed by atoms with Crippen LogP contribution in [0.25, 0.3) is 5.82 Å². The summed E-state index contributed by atoms with van der Waals surface area (Å²) in [6, 6.07) is 9.24. The molecule has 0 aromatic carbocycles. The third kappa shape index (κ3) is 2.71. The lowest BCUT2D eigenvalue weighted by atomic mass is 10.2. The minimum atomic E-state index is -0.238. The first-order valence-corrected chi connectivity index (χ1v) is 6.85. The second kappa shape index (κ2) is 5.77. The first-order valence-electron chi connectivity index (χ1n) is 6.85. The van der Waals surface area contributed by atoms with E-state index in [2.05, 4.69) is 20.4 Å². The molecule has 0 unspecified atom stereocenters. The minimum absolute atomic E-state index is 0.238. The number of hydrogen-bond donors (Lipinski definition) is 1. The summed E-state index contributed by atoms with van der Waals surface area (Å²) in [5.41, 5.74) is 2.25. The zero-order valence-corrected chi connectivity index (χ0v) is 12.3. The molecule has 3 aromatic rings. The van der Waals surface area contributed by atoms with E-state index in [0.29, 0.717) is 17.2 Å². The van der Waals surface area contributed by atoms with Gasteiger partial charge in [0.1, 0.15) is 5.82 Å². The highest BCUT2D eigenvalue weighted by Gasteiger charge is 2.16. The Morgan fingerprint density at radius 3 is 2.73 bits per heavy atom. The van der Waals surface area contributed by atoms with Crippen molar-refractivity contribution in [2.24, 2.45) is 0 Å². The van der Waals surface area contributed by atoms with Crippen molar-refractivity contribution in [3.63, 3.8) is 0 Å². The van der Waals surface area contributed by atoms with Crippen LogP contribution in [-0.2, 0) is 0 Å². The quantitative estimate of drug-likeness (QED) is 0.805. The molecule has 3 heterocycles. The van der Waals surface area contributed by atoms with Crippen molar-refractivity contribution in [3.05, 3.63) is 65.7 Å². The fourth-order valence-corrected chi connectivity index (χ4v) is 2.13. The molecular weight excluding hydrogens is 278 g/mol. The molecule has 0 aliphatic carbocycles. The van der Waals surface area contributed by atoms with Gasteiger partial charge in [0.25, 0.3) is 5.91 Å². The number of nitrogens with zero attached hydrogens (tertiary/aromatic N) is 4. The predicted octanol–water partition coefficient (Wildman–Crippen LogP) is 2.53. The first-order chi connectivity index (χ1) is 10.6. The topological polar surface area (TPSA) is 72.7 Å². The van der Waals surface area contributed by atoms with Crippen LogP contribution in [0.2, 0.25) is 0 Å². The third-order valence-corrected chi connectivity index (χ3v) is 3.28. The summed E-state index contributed by atoms with van der Waals surface area (Å²) in [7, 11) is 0. The van der Waals surface area contributed by atoms with Gasteiger partial charge in [0.2, 0.25) is 0 Å². The molecule has 3 rings (SSSR count). The highest BCUT2D eigenvalue weighted by atomic mass is 16.1. The Hall–Kier alpha value is -3.02. The molecule has 110 valence electrons. The van der Waals surface area contributed by atoms with Crippen LogP contribution >= 0.6 is 0 Å². The van der Waals surface area contributed by atoms with Crippen molar-refractivity contribution in [3.8, 4) is 5.82 Å². The molecule has 0 bridgehead atoms. The van der Waals surface area contributed by atoms with Crippen LogP contribution < -0.4 is 5.32 Å². The molecule has 1 amide bonds. The number of aromatic nitrogens is 4. The Kier molecular flexibility index (Phi) is 3.65. The van der Waals surface area contributed by atoms with Crippen LogP contribution in [-0.4, -0.2) is 25.7 Å². The molecule has 1 N–H and O–H groups in total. The van der Waals surface area contributed by atoms with Crippen LogP contribution in [0.3, 0.4) is 0 Å². The monoisotopic (exact) mass is 293 g/mol. The number of anilines is 1. The second-order valence-electron chi connectivity index (χ2n) is 4.92. The summed E-state index contributed by atoms with van der Waals surface area (Å²) < 4.78 is 1.64. The van der Waals surface area contributed by atoms with E-state index in [9.17, 15) is 4.79 Å². The van der Waals surface area contributed by atoms with Crippen molar-refractivity contribution >= 4 is 11.7 Å². The molecule has 0 radical (unpaired) electrons. The average Bonchev–Trinajstić information content (AvgIpc) is 2.90. The maximum atomic E-state index is 12.4. The highest BCUT2D eigenvalue weighted by molar-refractivity contribution is 6.04. The number of amides is 1. The zero-order valence-electron chi connectivity index (χ0n) is 12.3. The fourth-order valence-electron chi connectivity index (χ4n) is 2.13. The molecule has 3 aromatic heterocycles. The number of carbonyl (C=O) groups excluding carboxylic acids is 1. The SMILES string of the molecule is Cc1ccnc(NC(=O)c2cnn(-c3ccccn3)c2C)c1. The molecule has 0 atom stereocenters. The second-order valence-corrected chi connectivity index (χ2v) is 4.92. The smallest absolute Gasteiger partial charge is 0.260 e. The van der Waals surface area contributed by atoms with Crippen molar-refractivity contribution in [1.29, 1.82) is 0 Å². The maximum Gasteiger partial charge on any atom is 0.260 e. The van der Waals surface area contributed by atoms with Gasteiger partial charge in [-0.25, -0.2) is 14.6 Å². The third-order valence-electron chi connectivity index (χ3n) is 3.28. The molecule has 0 saturated heterocycles. The van der Waals surface area contributed by atoms with Crippen LogP contribution in [0.5, 0.6) is 0 Å².